The third-order valence-corrected chi connectivity index (χ3v) is 4.62. The minimum Gasteiger partial charge on any atom is -0.488 e. The van der Waals surface area contributed by atoms with Gasteiger partial charge in [0, 0.05) is 23.6 Å². The number of carbonyl (C=O) groups is 1. The molecule has 11 heteroatoms. The van der Waals surface area contributed by atoms with Crippen LogP contribution in [0.15, 0.2) is 36.4 Å². The largest absolute Gasteiger partial charge is 0.573 e. The van der Waals surface area contributed by atoms with Gasteiger partial charge in [-0.25, -0.2) is 0 Å². The van der Waals surface area contributed by atoms with Gasteiger partial charge in [-0.1, -0.05) is 12.1 Å². The molecular weight excluding hydrogens is 456 g/mol. The number of hydrogen-bond acceptors (Lipinski definition) is 5. The van der Waals surface area contributed by atoms with Crippen LogP contribution in [0.2, 0.25) is 0 Å². The quantitative estimate of drug-likeness (QED) is 0.323. The van der Waals surface area contributed by atoms with E-state index >= 15 is 0 Å². The predicted molar refractivity (Wildman–Crippen MR) is 105 cm³/mol. The molecule has 0 saturated heterocycles. The summed E-state index contributed by atoms with van der Waals surface area (Å²) in [5, 5.41) is 0.144. The van der Waals surface area contributed by atoms with Crippen LogP contribution in [0.25, 0.3) is 10.9 Å². The maximum absolute atomic E-state index is 13.7. The molecule has 0 aliphatic rings. The Labute approximate surface area is 183 Å². The molecule has 176 valence electrons. The first-order valence-electron chi connectivity index (χ1n) is 9.42. The van der Waals surface area contributed by atoms with Gasteiger partial charge in [-0.15, -0.1) is 13.2 Å². The van der Waals surface area contributed by atoms with Crippen molar-refractivity contribution in [2.75, 3.05) is 0 Å². The summed E-state index contributed by atoms with van der Waals surface area (Å²) in [6, 6.07) is 6.38. The third kappa shape index (κ3) is 5.85. The monoisotopic (exact) mass is 473 g/mol. The van der Waals surface area contributed by atoms with Crippen LogP contribution < -0.4 is 14.2 Å². The van der Waals surface area contributed by atoms with Gasteiger partial charge in [0.25, 0.3) is 0 Å². The second-order valence-electron chi connectivity index (χ2n) is 7.09. The normalized spacial score (nSPS) is 12.0. The van der Waals surface area contributed by atoms with E-state index in [9.17, 15) is 31.1 Å². The molecule has 0 saturated carbocycles. The van der Waals surface area contributed by atoms with Gasteiger partial charge in [0.15, 0.2) is 0 Å². The lowest BCUT2D eigenvalue weighted by Crippen LogP contribution is -2.17. The zero-order valence-corrected chi connectivity index (χ0v) is 17.5. The molecule has 0 unspecified atom stereocenters. The van der Waals surface area contributed by atoms with Crippen LogP contribution in [0.5, 0.6) is 17.2 Å². The molecule has 0 aliphatic heterocycles. The summed E-state index contributed by atoms with van der Waals surface area (Å²) in [6.07, 6.45) is -9.65. The third-order valence-electron chi connectivity index (χ3n) is 4.62. The number of carbonyl (C=O) groups excluding carboxylic acids is 1. The average molecular weight is 473 g/mol. The summed E-state index contributed by atoms with van der Waals surface area (Å²) >= 11 is 0. The Bertz CT molecular complexity index is 1190. The molecule has 0 spiro atoms. The Kier molecular flexibility index (Phi) is 6.44. The van der Waals surface area contributed by atoms with Crippen LogP contribution in [0.3, 0.4) is 0 Å². The van der Waals surface area contributed by atoms with E-state index < -0.39 is 35.6 Å². The van der Waals surface area contributed by atoms with Crippen LogP contribution in [-0.2, 0) is 17.6 Å². The first kappa shape index (κ1) is 24.1. The van der Waals surface area contributed by atoms with E-state index in [2.05, 4.69) is 9.72 Å². The number of nitrogens with zero attached hydrogens (tertiary/aromatic N) is 1. The predicted octanol–water partition coefficient (Wildman–Crippen LogP) is 6.27. The van der Waals surface area contributed by atoms with Crippen molar-refractivity contribution in [2.45, 2.75) is 39.9 Å². The van der Waals surface area contributed by atoms with Gasteiger partial charge >= 0.3 is 18.5 Å². The second kappa shape index (κ2) is 8.80. The zero-order chi connectivity index (χ0) is 24.6. The molecule has 0 amide bonds. The maximum atomic E-state index is 13.7. The van der Waals surface area contributed by atoms with E-state index in [4.69, 9.17) is 9.47 Å². The number of pyridine rings is 1. The number of rotatable bonds is 5. The Morgan fingerprint density at radius 2 is 1.64 bits per heavy atom. The van der Waals surface area contributed by atoms with Crippen LogP contribution in [0.4, 0.5) is 26.3 Å². The molecule has 1 aromatic heterocycles. The van der Waals surface area contributed by atoms with Gasteiger partial charge in [-0.2, -0.15) is 13.2 Å². The van der Waals surface area contributed by atoms with Gasteiger partial charge in [0.1, 0.15) is 23.9 Å². The van der Waals surface area contributed by atoms with Crippen molar-refractivity contribution in [2.24, 2.45) is 0 Å². The number of hydrogen-bond donors (Lipinski definition) is 0. The molecule has 5 nitrogen and oxygen atoms in total. The topological polar surface area (TPSA) is 57.7 Å². The zero-order valence-electron chi connectivity index (χ0n) is 17.5. The highest BCUT2D eigenvalue weighted by atomic mass is 19.4. The van der Waals surface area contributed by atoms with E-state index in [1.807, 2.05) is 0 Å². The molecular formula is C22H17F6NO4. The van der Waals surface area contributed by atoms with Crippen LogP contribution in [0, 0.1) is 13.8 Å². The van der Waals surface area contributed by atoms with E-state index in [0.717, 1.165) is 31.2 Å². The van der Waals surface area contributed by atoms with Gasteiger partial charge in [-0.3, -0.25) is 9.78 Å². The standard InChI is InChI=1S/C22H17F6NO4/c1-11-12(2)29-18-9-17(21(23,24)25)19(8-16(18)20(11)32-13(3)30)31-10-14-4-6-15(7-5-14)33-22(26,27)28/h4-9H,10H2,1-3H3. The Hall–Kier alpha value is -3.50. The minimum absolute atomic E-state index is 0.0392. The summed E-state index contributed by atoms with van der Waals surface area (Å²) in [7, 11) is 0. The number of fused-ring (bicyclic) bond motifs is 1. The van der Waals surface area contributed by atoms with E-state index in [1.165, 1.54) is 12.1 Å². The summed E-state index contributed by atoms with van der Waals surface area (Å²) in [5.74, 6) is -1.62. The van der Waals surface area contributed by atoms with Crippen molar-refractivity contribution in [3.05, 3.63) is 58.8 Å². The lowest BCUT2D eigenvalue weighted by atomic mass is 10.0. The number of aryl methyl sites for hydroxylation is 1. The molecule has 0 fully saturated rings. The summed E-state index contributed by atoms with van der Waals surface area (Å²) in [6.45, 7) is 3.98. The lowest BCUT2D eigenvalue weighted by Gasteiger charge is -2.18. The second-order valence-corrected chi connectivity index (χ2v) is 7.09. The van der Waals surface area contributed by atoms with Crippen molar-refractivity contribution in [1.29, 1.82) is 0 Å². The van der Waals surface area contributed by atoms with Crippen molar-refractivity contribution in [3.63, 3.8) is 0 Å². The lowest BCUT2D eigenvalue weighted by molar-refractivity contribution is -0.274. The Morgan fingerprint density at radius 3 is 2.18 bits per heavy atom. The molecule has 0 aliphatic carbocycles. The fourth-order valence-electron chi connectivity index (χ4n) is 3.04. The number of ether oxygens (including phenoxy) is 3. The Morgan fingerprint density at radius 1 is 1.00 bits per heavy atom. The van der Waals surface area contributed by atoms with Crippen molar-refractivity contribution in [3.8, 4) is 17.2 Å². The molecule has 33 heavy (non-hydrogen) atoms. The van der Waals surface area contributed by atoms with Crippen molar-refractivity contribution >= 4 is 16.9 Å². The van der Waals surface area contributed by atoms with E-state index in [0.29, 0.717) is 16.8 Å². The summed E-state index contributed by atoms with van der Waals surface area (Å²) in [5.41, 5.74) is 0.0285. The van der Waals surface area contributed by atoms with Gasteiger partial charge < -0.3 is 14.2 Å². The fourth-order valence-corrected chi connectivity index (χ4v) is 3.04. The van der Waals surface area contributed by atoms with Crippen LogP contribution in [-0.4, -0.2) is 17.3 Å². The first-order valence-corrected chi connectivity index (χ1v) is 9.42. The number of aromatic nitrogens is 1. The van der Waals surface area contributed by atoms with Gasteiger partial charge in [-0.05, 0) is 43.7 Å². The van der Waals surface area contributed by atoms with E-state index in [1.54, 1.807) is 13.8 Å². The molecule has 1 heterocycles. The first-order chi connectivity index (χ1) is 15.2. The molecule has 2 aromatic carbocycles. The molecule has 0 N–H and O–H groups in total. The average Bonchev–Trinajstić information content (AvgIpc) is 2.68. The molecule has 0 radical (unpaired) electrons. The molecule has 0 atom stereocenters. The maximum Gasteiger partial charge on any atom is 0.573 e. The smallest absolute Gasteiger partial charge is 0.488 e. The molecule has 3 rings (SSSR count). The highest BCUT2D eigenvalue weighted by Crippen LogP contribution is 2.42. The van der Waals surface area contributed by atoms with Crippen LogP contribution >= 0.6 is 0 Å². The Balaban J connectivity index is 2.00. The summed E-state index contributed by atoms with van der Waals surface area (Å²) < 4.78 is 92.2. The van der Waals surface area contributed by atoms with Crippen molar-refractivity contribution < 1.29 is 45.3 Å². The van der Waals surface area contributed by atoms with Crippen LogP contribution in [0.1, 0.15) is 29.3 Å². The molecule has 3 aromatic rings. The fraction of sp³-hybridized carbons (Fsp3) is 0.273. The number of benzene rings is 2. The SMILES string of the molecule is CC(=O)Oc1c(C)c(C)nc2cc(C(F)(F)F)c(OCc3ccc(OC(F)(F)F)cc3)cc12. The highest BCUT2D eigenvalue weighted by Gasteiger charge is 2.36. The van der Waals surface area contributed by atoms with Gasteiger partial charge in [0.05, 0.1) is 11.1 Å². The number of alkyl halides is 6. The molecule has 0 bridgehead atoms. The van der Waals surface area contributed by atoms with E-state index in [-0.39, 0.29) is 23.3 Å². The number of esters is 1. The summed E-state index contributed by atoms with van der Waals surface area (Å²) in [4.78, 5) is 15.7. The van der Waals surface area contributed by atoms with Gasteiger partial charge in [0.2, 0.25) is 0 Å². The number of halogens is 6. The minimum atomic E-state index is -4.87. The van der Waals surface area contributed by atoms with Crippen molar-refractivity contribution in [1.82, 2.24) is 4.98 Å². The highest BCUT2D eigenvalue weighted by molar-refractivity contribution is 5.91.